The van der Waals surface area contributed by atoms with E-state index < -0.39 is 14.9 Å². The Hall–Kier alpha value is -2.46. The highest BCUT2D eigenvalue weighted by Gasteiger charge is 2.34. The molecule has 2 heterocycles. The molecule has 146 valence electrons. The highest BCUT2D eigenvalue weighted by molar-refractivity contribution is 7.89. The van der Waals surface area contributed by atoms with E-state index in [0.29, 0.717) is 23.8 Å². The molecule has 1 saturated heterocycles. The van der Waals surface area contributed by atoms with Crippen molar-refractivity contribution >= 4 is 21.7 Å². The van der Waals surface area contributed by atoms with Crippen molar-refractivity contribution in [3.05, 3.63) is 45.3 Å². The molecule has 0 aliphatic carbocycles. The average Bonchev–Trinajstić information content (AvgIpc) is 2.95. The van der Waals surface area contributed by atoms with Crippen molar-refractivity contribution in [3.8, 4) is 0 Å². The van der Waals surface area contributed by atoms with Gasteiger partial charge in [-0.05, 0) is 41.8 Å². The first-order chi connectivity index (χ1) is 12.6. The fourth-order valence-corrected chi connectivity index (χ4v) is 5.58. The number of aromatic nitrogens is 2. The lowest BCUT2D eigenvalue weighted by Gasteiger charge is -2.35. The van der Waals surface area contributed by atoms with E-state index in [9.17, 15) is 18.5 Å². The summed E-state index contributed by atoms with van der Waals surface area (Å²) in [6.07, 6.45) is 1.40. The first kappa shape index (κ1) is 19.3. The SMILES string of the molecule is Cc1cc(C)c(S(=O)(=O)N2CCN(c3c([N+](=O)[O-])ncn3C)CC2)c(C)c1. The second kappa shape index (κ2) is 6.93. The summed E-state index contributed by atoms with van der Waals surface area (Å²) in [6.45, 7) is 6.81. The van der Waals surface area contributed by atoms with Crippen molar-refractivity contribution in [2.75, 3.05) is 31.1 Å². The minimum atomic E-state index is -3.62. The first-order valence-corrected chi connectivity index (χ1v) is 10.1. The summed E-state index contributed by atoms with van der Waals surface area (Å²) in [6, 6.07) is 3.74. The fraction of sp³-hybridized carbons (Fsp3) is 0.471. The van der Waals surface area contributed by atoms with Crippen LogP contribution in [0.5, 0.6) is 0 Å². The van der Waals surface area contributed by atoms with E-state index in [1.165, 1.54) is 10.6 Å². The summed E-state index contributed by atoms with van der Waals surface area (Å²) in [5.41, 5.74) is 2.49. The Balaban J connectivity index is 1.84. The van der Waals surface area contributed by atoms with Gasteiger partial charge in [0.2, 0.25) is 22.2 Å². The van der Waals surface area contributed by atoms with Gasteiger partial charge in [-0.2, -0.15) is 4.31 Å². The van der Waals surface area contributed by atoms with Crippen LogP contribution in [-0.4, -0.2) is 53.4 Å². The van der Waals surface area contributed by atoms with E-state index in [2.05, 4.69) is 4.98 Å². The number of sulfonamides is 1. The number of nitrogens with zero attached hydrogens (tertiary/aromatic N) is 5. The third kappa shape index (κ3) is 3.42. The molecule has 1 aliphatic heterocycles. The van der Waals surface area contributed by atoms with Crippen molar-refractivity contribution in [1.82, 2.24) is 13.9 Å². The van der Waals surface area contributed by atoms with Crippen LogP contribution in [0.3, 0.4) is 0 Å². The van der Waals surface area contributed by atoms with Gasteiger partial charge in [-0.1, -0.05) is 17.7 Å². The summed E-state index contributed by atoms with van der Waals surface area (Å²) in [5, 5.41) is 11.2. The zero-order chi connectivity index (χ0) is 19.9. The molecule has 0 unspecified atom stereocenters. The zero-order valence-electron chi connectivity index (χ0n) is 15.8. The summed E-state index contributed by atoms with van der Waals surface area (Å²) in [4.78, 5) is 16.7. The molecule has 0 atom stereocenters. The topological polar surface area (TPSA) is 102 Å². The van der Waals surface area contributed by atoms with Crippen LogP contribution in [0.4, 0.5) is 11.6 Å². The number of piperazine rings is 1. The van der Waals surface area contributed by atoms with E-state index in [1.807, 2.05) is 37.8 Å². The minimum absolute atomic E-state index is 0.209. The Labute approximate surface area is 158 Å². The molecule has 0 bridgehead atoms. The van der Waals surface area contributed by atoms with Crippen LogP contribution >= 0.6 is 0 Å². The second-order valence-electron chi connectivity index (χ2n) is 6.88. The minimum Gasteiger partial charge on any atom is -0.358 e. The Morgan fingerprint density at radius 2 is 1.63 bits per heavy atom. The van der Waals surface area contributed by atoms with Crippen LogP contribution in [0.25, 0.3) is 0 Å². The van der Waals surface area contributed by atoms with Gasteiger partial charge in [0.05, 0.1) is 4.90 Å². The van der Waals surface area contributed by atoms with Gasteiger partial charge < -0.3 is 15.0 Å². The smallest absolute Gasteiger partial charge is 0.358 e. The van der Waals surface area contributed by atoms with Gasteiger partial charge in [-0.3, -0.25) is 4.57 Å². The van der Waals surface area contributed by atoms with E-state index in [4.69, 9.17) is 0 Å². The third-order valence-electron chi connectivity index (χ3n) is 4.80. The van der Waals surface area contributed by atoms with Crippen LogP contribution in [-0.2, 0) is 17.1 Å². The summed E-state index contributed by atoms with van der Waals surface area (Å²) in [5.74, 6) is 0.193. The molecular weight excluding hydrogens is 370 g/mol. The second-order valence-corrected chi connectivity index (χ2v) is 8.75. The predicted molar refractivity (Wildman–Crippen MR) is 101 cm³/mol. The molecule has 1 aromatic carbocycles. The molecule has 0 N–H and O–H groups in total. The molecule has 3 rings (SSSR count). The maximum Gasteiger partial charge on any atom is 0.406 e. The third-order valence-corrected chi connectivity index (χ3v) is 7.01. The normalized spacial score (nSPS) is 15.9. The molecule has 10 heteroatoms. The van der Waals surface area contributed by atoms with Gasteiger partial charge in [-0.25, -0.2) is 8.42 Å². The van der Waals surface area contributed by atoms with Gasteiger partial charge in [0, 0.05) is 33.2 Å². The molecule has 0 radical (unpaired) electrons. The quantitative estimate of drug-likeness (QED) is 0.579. The molecular formula is C17H23N5O4S. The molecule has 2 aromatic rings. The first-order valence-electron chi connectivity index (χ1n) is 8.61. The summed E-state index contributed by atoms with van der Waals surface area (Å²) < 4.78 is 29.4. The average molecular weight is 393 g/mol. The summed E-state index contributed by atoms with van der Waals surface area (Å²) in [7, 11) is -1.93. The van der Waals surface area contributed by atoms with Crippen LogP contribution in [0, 0.1) is 30.9 Å². The molecule has 27 heavy (non-hydrogen) atoms. The Morgan fingerprint density at radius 3 is 2.15 bits per heavy atom. The standard InChI is InChI=1S/C17H23N5O4S/c1-12-9-13(2)15(14(3)10-12)27(25,26)21-7-5-20(6-8-21)17-16(22(23)24)18-11-19(17)4/h9-11H,5-8H2,1-4H3. The number of hydrogen-bond donors (Lipinski definition) is 0. The number of rotatable bonds is 4. The lowest BCUT2D eigenvalue weighted by Crippen LogP contribution is -2.49. The largest absolute Gasteiger partial charge is 0.406 e. The number of hydrogen-bond acceptors (Lipinski definition) is 6. The lowest BCUT2D eigenvalue weighted by molar-refractivity contribution is -0.388. The van der Waals surface area contributed by atoms with Crippen molar-refractivity contribution in [1.29, 1.82) is 0 Å². The van der Waals surface area contributed by atoms with E-state index >= 15 is 0 Å². The lowest BCUT2D eigenvalue weighted by atomic mass is 10.1. The van der Waals surface area contributed by atoms with Crippen LogP contribution in [0.15, 0.2) is 23.4 Å². The molecule has 0 amide bonds. The number of imidazole rings is 1. The Morgan fingerprint density at radius 1 is 1.07 bits per heavy atom. The fourth-order valence-electron chi connectivity index (χ4n) is 3.75. The Kier molecular flexibility index (Phi) is 4.96. The number of nitro groups is 1. The van der Waals surface area contributed by atoms with Gasteiger partial charge in [-0.15, -0.1) is 0 Å². The van der Waals surface area contributed by atoms with Crippen LogP contribution < -0.4 is 4.90 Å². The van der Waals surface area contributed by atoms with Gasteiger partial charge >= 0.3 is 5.82 Å². The van der Waals surface area contributed by atoms with Crippen molar-refractivity contribution in [2.45, 2.75) is 25.7 Å². The highest BCUT2D eigenvalue weighted by atomic mass is 32.2. The monoisotopic (exact) mass is 393 g/mol. The molecule has 1 aromatic heterocycles. The van der Waals surface area contributed by atoms with Crippen LogP contribution in [0.1, 0.15) is 16.7 Å². The van der Waals surface area contributed by atoms with E-state index in [0.717, 1.165) is 16.7 Å². The van der Waals surface area contributed by atoms with Crippen molar-refractivity contribution in [2.24, 2.45) is 7.05 Å². The molecule has 1 fully saturated rings. The maximum atomic E-state index is 13.2. The van der Waals surface area contributed by atoms with Crippen LogP contribution in [0.2, 0.25) is 0 Å². The number of aryl methyl sites for hydroxylation is 4. The summed E-state index contributed by atoms with van der Waals surface area (Å²) >= 11 is 0. The number of benzene rings is 1. The Bertz CT molecular complexity index is 968. The van der Waals surface area contributed by atoms with Crippen molar-refractivity contribution < 1.29 is 13.3 Å². The number of anilines is 1. The maximum absolute atomic E-state index is 13.2. The van der Waals surface area contributed by atoms with Gasteiger partial charge in [0.1, 0.15) is 0 Å². The molecule has 1 aliphatic rings. The molecule has 0 saturated carbocycles. The van der Waals surface area contributed by atoms with E-state index in [-0.39, 0.29) is 18.9 Å². The van der Waals surface area contributed by atoms with E-state index in [1.54, 1.807) is 11.6 Å². The molecule has 9 nitrogen and oxygen atoms in total. The predicted octanol–water partition coefficient (Wildman–Crippen LogP) is 1.76. The highest BCUT2D eigenvalue weighted by Crippen LogP contribution is 2.29. The zero-order valence-corrected chi connectivity index (χ0v) is 16.7. The molecule has 0 spiro atoms. The van der Waals surface area contributed by atoms with Gasteiger partial charge in [0.15, 0.2) is 0 Å². The van der Waals surface area contributed by atoms with Gasteiger partial charge in [0.25, 0.3) is 0 Å². The van der Waals surface area contributed by atoms with Crippen molar-refractivity contribution in [3.63, 3.8) is 0 Å².